The van der Waals surface area contributed by atoms with Gasteiger partial charge in [-0.05, 0) is 41.6 Å². The third-order valence-electron chi connectivity index (χ3n) is 3.12. The maximum Gasteiger partial charge on any atom is 0.305 e. The fourth-order valence-electron chi connectivity index (χ4n) is 2.00. The first-order valence-electron chi connectivity index (χ1n) is 6.30. The highest BCUT2D eigenvalue weighted by molar-refractivity contribution is 7.10. The summed E-state index contributed by atoms with van der Waals surface area (Å²) in [5.41, 5.74) is 1.83. The zero-order valence-electron chi connectivity index (χ0n) is 11.1. The molecule has 0 bridgehead atoms. The van der Waals surface area contributed by atoms with E-state index in [1.165, 1.54) is 23.5 Å². The third kappa shape index (κ3) is 3.88. The molecule has 1 unspecified atom stereocenters. The van der Waals surface area contributed by atoms with E-state index in [1.807, 2.05) is 24.4 Å². The fourth-order valence-corrected chi connectivity index (χ4v) is 2.80. The number of carboxylic acid groups (broad SMARTS) is 1. The molecule has 20 heavy (non-hydrogen) atoms. The summed E-state index contributed by atoms with van der Waals surface area (Å²) in [5, 5.41) is 14.1. The van der Waals surface area contributed by atoms with E-state index >= 15 is 0 Å². The standard InChI is InChI=1S/C15H16FNO2S/c1-10-4-5-12(16)7-11(10)9-17-13(8-15(18)19)14-3-2-6-20-14/h2-7,13,17H,8-9H2,1H3,(H,18,19). The summed E-state index contributed by atoms with van der Waals surface area (Å²) < 4.78 is 13.2. The van der Waals surface area contributed by atoms with E-state index in [9.17, 15) is 9.18 Å². The molecule has 0 aliphatic heterocycles. The molecule has 106 valence electrons. The molecule has 1 heterocycles. The van der Waals surface area contributed by atoms with Crippen molar-refractivity contribution in [1.82, 2.24) is 5.32 Å². The Balaban J connectivity index is 2.08. The lowest BCUT2D eigenvalue weighted by molar-refractivity contribution is -0.137. The van der Waals surface area contributed by atoms with Crippen LogP contribution in [0.2, 0.25) is 0 Å². The molecule has 2 rings (SSSR count). The van der Waals surface area contributed by atoms with E-state index in [1.54, 1.807) is 6.07 Å². The lowest BCUT2D eigenvalue weighted by atomic mass is 10.1. The van der Waals surface area contributed by atoms with Crippen LogP contribution in [0.25, 0.3) is 0 Å². The topological polar surface area (TPSA) is 49.3 Å². The van der Waals surface area contributed by atoms with Crippen molar-refractivity contribution in [1.29, 1.82) is 0 Å². The summed E-state index contributed by atoms with van der Waals surface area (Å²) >= 11 is 1.52. The first-order chi connectivity index (χ1) is 9.56. The van der Waals surface area contributed by atoms with E-state index in [-0.39, 0.29) is 18.3 Å². The number of aliphatic carboxylic acids is 1. The van der Waals surface area contributed by atoms with Gasteiger partial charge in [0.05, 0.1) is 12.5 Å². The molecule has 1 atom stereocenters. The van der Waals surface area contributed by atoms with Crippen LogP contribution in [0.5, 0.6) is 0 Å². The number of aryl methyl sites for hydroxylation is 1. The Labute approximate surface area is 121 Å². The first kappa shape index (κ1) is 14.7. The van der Waals surface area contributed by atoms with Gasteiger partial charge >= 0.3 is 5.97 Å². The van der Waals surface area contributed by atoms with Crippen LogP contribution in [0.15, 0.2) is 35.7 Å². The van der Waals surface area contributed by atoms with Gasteiger partial charge in [-0.15, -0.1) is 11.3 Å². The molecule has 0 aliphatic rings. The Morgan fingerprint density at radius 2 is 2.25 bits per heavy atom. The molecule has 5 heteroatoms. The summed E-state index contributed by atoms with van der Waals surface area (Å²) in [5.74, 6) is -1.13. The van der Waals surface area contributed by atoms with E-state index in [2.05, 4.69) is 5.32 Å². The van der Waals surface area contributed by atoms with Crippen molar-refractivity contribution in [3.05, 3.63) is 57.5 Å². The van der Waals surface area contributed by atoms with Crippen molar-refractivity contribution >= 4 is 17.3 Å². The highest BCUT2D eigenvalue weighted by Crippen LogP contribution is 2.23. The average Bonchev–Trinajstić information content (AvgIpc) is 2.91. The summed E-state index contributed by atoms with van der Waals surface area (Å²) in [6.07, 6.45) is 0.00881. The molecular weight excluding hydrogens is 277 g/mol. The lowest BCUT2D eigenvalue weighted by Crippen LogP contribution is -2.23. The highest BCUT2D eigenvalue weighted by atomic mass is 32.1. The van der Waals surface area contributed by atoms with Gasteiger partial charge in [-0.3, -0.25) is 4.79 Å². The zero-order valence-corrected chi connectivity index (χ0v) is 11.9. The van der Waals surface area contributed by atoms with Crippen molar-refractivity contribution < 1.29 is 14.3 Å². The number of carbonyl (C=O) groups is 1. The van der Waals surface area contributed by atoms with Crippen LogP contribution in [-0.2, 0) is 11.3 Å². The lowest BCUT2D eigenvalue weighted by Gasteiger charge is -2.16. The maximum absolute atomic E-state index is 13.2. The van der Waals surface area contributed by atoms with Crippen LogP contribution in [0, 0.1) is 12.7 Å². The number of benzene rings is 1. The predicted molar refractivity (Wildman–Crippen MR) is 77.3 cm³/mol. The van der Waals surface area contributed by atoms with Crippen LogP contribution >= 0.6 is 11.3 Å². The largest absolute Gasteiger partial charge is 0.481 e. The second kappa shape index (κ2) is 6.63. The van der Waals surface area contributed by atoms with Gasteiger partial charge in [-0.25, -0.2) is 4.39 Å². The highest BCUT2D eigenvalue weighted by Gasteiger charge is 2.16. The molecule has 3 nitrogen and oxygen atoms in total. The Morgan fingerprint density at radius 1 is 1.45 bits per heavy atom. The Morgan fingerprint density at radius 3 is 2.90 bits per heavy atom. The van der Waals surface area contributed by atoms with Gasteiger partial charge in [0.2, 0.25) is 0 Å². The maximum atomic E-state index is 13.2. The van der Waals surface area contributed by atoms with E-state index in [0.29, 0.717) is 6.54 Å². The molecule has 0 spiro atoms. The van der Waals surface area contributed by atoms with Crippen molar-refractivity contribution in [2.45, 2.75) is 25.9 Å². The van der Waals surface area contributed by atoms with Crippen molar-refractivity contribution in [2.24, 2.45) is 0 Å². The van der Waals surface area contributed by atoms with Crippen LogP contribution in [0.3, 0.4) is 0 Å². The number of carboxylic acids is 1. The summed E-state index contributed by atoms with van der Waals surface area (Å²) in [7, 11) is 0. The summed E-state index contributed by atoms with van der Waals surface area (Å²) in [4.78, 5) is 11.9. The Hall–Kier alpha value is -1.72. The summed E-state index contributed by atoms with van der Waals surface area (Å²) in [6, 6.07) is 8.17. The number of halogens is 1. The van der Waals surface area contributed by atoms with Gasteiger partial charge in [0.15, 0.2) is 0 Å². The second-order valence-electron chi connectivity index (χ2n) is 4.62. The number of thiophene rings is 1. The molecule has 2 N–H and O–H groups in total. The molecule has 0 aliphatic carbocycles. The minimum Gasteiger partial charge on any atom is -0.481 e. The molecule has 1 aromatic carbocycles. The monoisotopic (exact) mass is 293 g/mol. The second-order valence-corrected chi connectivity index (χ2v) is 5.60. The minimum absolute atomic E-state index is 0.00881. The molecule has 0 fully saturated rings. The molecule has 0 saturated carbocycles. The normalized spacial score (nSPS) is 12.3. The van der Waals surface area contributed by atoms with Crippen molar-refractivity contribution in [2.75, 3.05) is 0 Å². The third-order valence-corrected chi connectivity index (χ3v) is 4.10. The predicted octanol–water partition coefficient (Wildman–Crippen LogP) is 3.50. The molecule has 0 saturated heterocycles. The number of rotatable bonds is 6. The first-order valence-corrected chi connectivity index (χ1v) is 7.18. The molecular formula is C15H16FNO2S. The van der Waals surface area contributed by atoms with Gasteiger partial charge in [0.25, 0.3) is 0 Å². The minimum atomic E-state index is -0.855. The fraction of sp³-hybridized carbons (Fsp3) is 0.267. The molecule has 0 radical (unpaired) electrons. The quantitative estimate of drug-likeness (QED) is 0.857. The molecule has 2 aromatic rings. The van der Waals surface area contributed by atoms with E-state index < -0.39 is 5.97 Å². The van der Waals surface area contributed by atoms with Crippen molar-refractivity contribution in [3.8, 4) is 0 Å². The van der Waals surface area contributed by atoms with Gasteiger partial charge in [0.1, 0.15) is 5.82 Å². The number of hydrogen-bond donors (Lipinski definition) is 2. The SMILES string of the molecule is Cc1ccc(F)cc1CNC(CC(=O)O)c1cccs1. The number of nitrogens with one attached hydrogen (secondary N) is 1. The van der Waals surface area contributed by atoms with Gasteiger partial charge in [-0.2, -0.15) is 0 Å². The molecule has 1 aromatic heterocycles. The van der Waals surface area contributed by atoms with Gasteiger partial charge < -0.3 is 10.4 Å². The van der Waals surface area contributed by atoms with Crippen LogP contribution in [0.4, 0.5) is 4.39 Å². The van der Waals surface area contributed by atoms with Crippen LogP contribution < -0.4 is 5.32 Å². The van der Waals surface area contributed by atoms with Crippen molar-refractivity contribution in [3.63, 3.8) is 0 Å². The van der Waals surface area contributed by atoms with Gasteiger partial charge in [0, 0.05) is 11.4 Å². The smallest absolute Gasteiger partial charge is 0.305 e. The zero-order chi connectivity index (χ0) is 14.5. The van der Waals surface area contributed by atoms with Crippen LogP contribution in [-0.4, -0.2) is 11.1 Å². The van der Waals surface area contributed by atoms with Crippen LogP contribution in [0.1, 0.15) is 28.5 Å². The molecule has 0 amide bonds. The Kier molecular flexibility index (Phi) is 4.87. The van der Waals surface area contributed by atoms with Gasteiger partial charge in [-0.1, -0.05) is 12.1 Å². The average molecular weight is 293 g/mol. The van der Waals surface area contributed by atoms with E-state index in [0.717, 1.165) is 16.0 Å². The van der Waals surface area contributed by atoms with E-state index in [4.69, 9.17) is 5.11 Å². The Bertz CT molecular complexity index is 584. The summed E-state index contributed by atoms with van der Waals surface area (Å²) in [6.45, 7) is 2.35. The number of hydrogen-bond acceptors (Lipinski definition) is 3.